The summed E-state index contributed by atoms with van der Waals surface area (Å²) in [5, 5.41) is 8.91. The lowest BCUT2D eigenvalue weighted by molar-refractivity contribution is -0.137. The number of benzene rings is 1. The van der Waals surface area contributed by atoms with Gasteiger partial charge in [0.05, 0.1) is 13.7 Å². The fourth-order valence-electron chi connectivity index (χ4n) is 1.50. The Morgan fingerprint density at radius 3 is 2.72 bits per heavy atom. The summed E-state index contributed by atoms with van der Waals surface area (Å²) in [6.07, 6.45) is 1.50. The smallest absolute Gasteiger partial charge is 0.348 e. The molecule has 0 bridgehead atoms. The lowest BCUT2D eigenvalue weighted by Crippen LogP contribution is -2.06. The highest BCUT2D eigenvalue weighted by Gasteiger charge is 2.09. The van der Waals surface area contributed by atoms with Crippen LogP contribution in [0.4, 0.5) is 0 Å². The zero-order valence-corrected chi connectivity index (χ0v) is 10.7. The number of nitriles is 1. The normalized spacial score (nSPS) is 10.7. The van der Waals surface area contributed by atoms with Gasteiger partial charge in [-0.25, -0.2) is 4.79 Å². The van der Waals surface area contributed by atoms with E-state index in [1.807, 2.05) is 19.1 Å². The van der Waals surface area contributed by atoms with Gasteiger partial charge in [0.2, 0.25) is 0 Å². The molecule has 0 N–H and O–H groups in total. The van der Waals surface area contributed by atoms with E-state index in [0.29, 0.717) is 0 Å². The van der Waals surface area contributed by atoms with E-state index in [-0.39, 0.29) is 12.2 Å². The van der Waals surface area contributed by atoms with Crippen LogP contribution in [0.2, 0.25) is 0 Å². The monoisotopic (exact) mass is 245 g/mol. The number of nitrogens with zero attached hydrogens (tertiary/aromatic N) is 1. The van der Waals surface area contributed by atoms with Crippen LogP contribution < -0.4 is 4.74 Å². The highest BCUT2D eigenvalue weighted by molar-refractivity contribution is 5.97. The van der Waals surface area contributed by atoms with Crippen molar-refractivity contribution in [2.75, 3.05) is 13.7 Å². The van der Waals surface area contributed by atoms with Crippen LogP contribution >= 0.6 is 0 Å². The molecule has 0 spiro atoms. The molecule has 4 nitrogen and oxygen atoms in total. The zero-order valence-electron chi connectivity index (χ0n) is 10.7. The van der Waals surface area contributed by atoms with Crippen LogP contribution in [0.25, 0.3) is 6.08 Å². The SMILES string of the molecule is CCOC(=O)/C(C#N)=C\c1ccc(OC)c(C)c1. The topological polar surface area (TPSA) is 59.3 Å². The van der Waals surface area contributed by atoms with Gasteiger partial charge < -0.3 is 9.47 Å². The van der Waals surface area contributed by atoms with Gasteiger partial charge in [-0.05, 0) is 43.2 Å². The molecular formula is C14H15NO3. The van der Waals surface area contributed by atoms with E-state index in [0.717, 1.165) is 16.9 Å². The van der Waals surface area contributed by atoms with Crippen molar-refractivity contribution in [1.82, 2.24) is 0 Å². The lowest BCUT2D eigenvalue weighted by Gasteiger charge is -2.05. The highest BCUT2D eigenvalue weighted by atomic mass is 16.5. The van der Waals surface area contributed by atoms with Crippen molar-refractivity contribution in [2.45, 2.75) is 13.8 Å². The van der Waals surface area contributed by atoms with Gasteiger partial charge in [-0.3, -0.25) is 0 Å². The summed E-state index contributed by atoms with van der Waals surface area (Å²) in [7, 11) is 1.59. The van der Waals surface area contributed by atoms with Gasteiger partial charge >= 0.3 is 5.97 Å². The molecule has 0 heterocycles. The Hall–Kier alpha value is -2.28. The van der Waals surface area contributed by atoms with Crippen LogP contribution in [0.1, 0.15) is 18.1 Å². The predicted molar refractivity (Wildman–Crippen MR) is 68.0 cm³/mol. The summed E-state index contributed by atoms with van der Waals surface area (Å²) in [5.74, 6) is 0.162. The van der Waals surface area contributed by atoms with Gasteiger partial charge in [-0.2, -0.15) is 5.26 Å². The fraction of sp³-hybridized carbons (Fsp3) is 0.286. The molecule has 1 aromatic rings. The van der Waals surface area contributed by atoms with E-state index in [9.17, 15) is 4.79 Å². The average molecular weight is 245 g/mol. The molecule has 0 aliphatic heterocycles. The summed E-state index contributed by atoms with van der Waals surface area (Å²) in [6.45, 7) is 3.84. The first kappa shape index (κ1) is 13.8. The molecule has 0 fully saturated rings. The Balaban J connectivity index is 3.04. The fourth-order valence-corrected chi connectivity index (χ4v) is 1.50. The molecule has 4 heteroatoms. The van der Waals surface area contributed by atoms with Crippen molar-refractivity contribution in [3.63, 3.8) is 0 Å². The molecule has 0 saturated carbocycles. The van der Waals surface area contributed by atoms with E-state index in [1.54, 1.807) is 26.2 Å². The molecule has 0 aromatic heterocycles. The summed E-state index contributed by atoms with van der Waals surface area (Å²) in [4.78, 5) is 11.4. The number of rotatable bonds is 4. The molecule has 1 rings (SSSR count). The first-order valence-electron chi connectivity index (χ1n) is 5.56. The molecule has 1 aromatic carbocycles. The molecule has 0 radical (unpaired) electrons. The van der Waals surface area contributed by atoms with E-state index in [2.05, 4.69) is 0 Å². The minimum atomic E-state index is -0.603. The number of hydrogen-bond acceptors (Lipinski definition) is 4. The second kappa shape index (κ2) is 6.45. The van der Waals surface area contributed by atoms with Crippen molar-refractivity contribution in [1.29, 1.82) is 5.26 Å². The second-order valence-corrected chi connectivity index (χ2v) is 3.62. The van der Waals surface area contributed by atoms with Crippen molar-refractivity contribution < 1.29 is 14.3 Å². The molecule has 94 valence electrons. The van der Waals surface area contributed by atoms with Gasteiger partial charge in [-0.15, -0.1) is 0 Å². The number of esters is 1. The zero-order chi connectivity index (χ0) is 13.5. The summed E-state index contributed by atoms with van der Waals surface area (Å²) >= 11 is 0. The molecule has 0 amide bonds. The Bertz CT molecular complexity index is 512. The van der Waals surface area contributed by atoms with E-state index < -0.39 is 5.97 Å². The van der Waals surface area contributed by atoms with Crippen LogP contribution in [-0.4, -0.2) is 19.7 Å². The number of ether oxygens (including phenoxy) is 2. The number of methoxy groups -OCH3 is 1. The Morgan fingerprint density at radius 1 is 1.50 bits per heavy atom. The third-order valence-corrected chi connectivity index (χ3v) is 2.35. The maximum absolute atomic E-state index is 11.4. The number of carbonyl (C=O) groups is 1. The lowest BCUT2D eigenvalue weighted by atomic mass is 10.1. The van der Waals surface area contributed by atoms with E-state index in [4.69, 9.17) is 14.7 Å². The van der Waals surface area contributed by atoms with Crippen molar-refractivity contribution in [3.8, 4) is 11.8 Å². The molecule has 0 unspecified atom stereocenters. The third-order valence-electron chi connectivity index (χ3n) is 2.35. The number of carbonyl (C=O) groups excluding carboxylic acids is 1. The Kier molecular flexibility index (Phi) is 4.94. The minimum Gasteiger partial charge on any atom is -0.496 e. The van der Waals surface area contributed by atoms with Gasteiger partial charge in [0.15, 0.2) is 0 Å². The summed E-state index contributed by atoms with van der Waals surface area (Å²) in [6, 6.07) is 7.25. The van der Waals surface area contributed by atoms with Crippen molar-refractivity contribution in [2.24, 2.45) is 0 Å². The summed E-state index contributed by atoms with van der Waals surface area (Å²) < 4.78 is 9.93. The van der Waals surface area contributed by atoms with Crippen LogP contribution in [0.5, 0.6) is 5.75 Å². The first-order valence-corrected chi connectivity index (χ1v) is 5.56. The summed E-state index contributed by atoms with van der Waals surface area (Å²) in [5.41, 5.74) is 1.69. The first-order chi connectivity index (χ1) is 8.62. The second-order valence-electron chi connectivity index (χ2n) is 3.62. The number of hydrogen-bond donors (Lipinski definition) is 0. The Labute approximate surface area is 106 Å². The van der Waals surface area contributed by atoms with Gasteiger partial charge in [0.1, 0.15) is 17.4 Å². The minimum absolute atomic E-state index is 0.0126. The average Bonchev–Trinajstić information content (AvgIpc) is 2.36. The molecule has 18 heavy (non-hydrogen) atoms. The van der Waals surface area contributed by atoms with Crippen molar-refractivity contribution >= 4 is 12.0 Å². The standard InChI is InChI=1S/C14H15NO3/c1-4-18-14(16)12(9-15)8-11-5-6-13(17-3)10(2)7-11/h5-8H,4H2,1-3H3/b12-8-. The quantitative estimate of drug-likeness (QED) is 0.464. The molecule has 0 saturated heterocycles. The predicted octanol–water partition coefficient (Wildman–Crippen LogP) is 2.47. The molecule has 0 aliphatic rings. The largest absolute Gasteiger partial charge is 0.496 e. The van der Waals surface area contributed by atoms with Gasteiger partial charge in [0.25, 0.3) is 0 Å². The highest BCUT2D eigenvalue weighted by Crippen LogP contribution is 2.20. The van der Waals surface area contributed by atoms with Crippen LogP contribution in [0, 0.1) is 18.3 Å². The molecule has 0 aliphatic carbocycles. The van der Waals surface area contributed by atoms with Crippen molar-refractivity contribution in [3.05, 3.63) is 34.9 Å². The van der Waals surface area contributed by atoms with Crippen LogP contribution in [0.15, 0.2) is 23.8 Å². The van der Waals surface area contributed by atoms with E-state index >= 15 is 0 Å². The third kappa shape index (κ3) is 3.36. The van der Waals surface area contributed by atoms with E-state index in [1.165, 1.54) is 6.08 Å². The van der Waals surface area contributed by atoms with Crippen LogP contribution in [-0.2, 0) is 9.53 Å². The Morgan fingerprint density at radius 2 is 2.22 bits per heavy atom. The molecular weight excluding hydrogens is 230 g/mol. The van der Waals surface area contributed by atoms with Gasteiger partial charge in [0, 0.05) is 0 Å². The maximum Gasteiger partial charge on any atom is 0.348 e. The van der Waals surface area contributed by atoms with Crippen LogP contribution in [0.3, 0.4) is 0 Å². The van der Waals surface area contributed by atoms with Gasteiger partial charge in [-0.1, -0.05) is 6.07 Å². The molecule has 0 atom stereocenters. The number of aryl methyl sites for hydroxylation is 1. The maximum atomic E-state index is 11.4.